The molecule has 4 aliphatic carbocycles. The molecule has 2 aliphatic heterocycles. The first-order chi connectivity index (χ1) is 17.7. The van der Waals surface area contributed by atoms with Gasteiger partial charge in [-0.15, -0.1) is 0 Å². The summed E-state index contributed by atoms with van der Waals surface area (Å²) in [7, 11) is -3.69. The third-order valence-corrected chi connectivity index (χ3v) is 11.7. The SMILES string of the molecule is C[C@@H](NC(=O)CN1C(=O)COc2ccc(S(=O)(=O)N3CCCCCC3)cc21)C12CC3CC(CC(C3)C1)C2. The number of anilines is 1. The number of amides is 2. The predicted octanol–water partition coefficient (Wildman–Crippen LogP) is 3.70. The van der Waals surface area contributed by atoms with Gasteiger partial charge in [0, 0.05) is 19.1 Å². The van der Waals surface area contributed by atoms with Gasteiger partial charge >= 0.3 is 0 Å². The number of sulfonamides is 1. The van der Waals surface area contributed by atoms with Gasteiger partial charge < -0.3 is 10.1 Å². The lowest BCUT2D eigenvalue weighted by atomic mass is 9.48. The summed E-state index contributed by atoms with van der Waals surface area (Å²) in [5.41, 5.74) is 0.524. The third kappa shape index (κ3) is 4.67. The van der Waals surface area contributed by atoms with Gasteiger partial charge in [-0.05, 0) is 99.7 Å². The van der Waals surface area contributed by atoms with Crippen molar-refractivity contribution in [1.29, 1.82) is 0 Å². The monoisotopic (exact) mass is 529 g/mol. The molecule has 0 spiro atoms. The summed E-state index contributed by atoms with van der Waals surface area (Å²) < 4.78 is 33.9. The van der Waals surface area contributed by atoms with E-state index in [-0.39, 0.29) is 41.3 Å². The molecule has 1 aromatic rings. The van der Waals surface area contributed by atoms with Crippen molar-refractivity contribution in [3.05, 3.63) is 18.2 Å². The minimum absolute atomic E-state index is 0.0544. The smallest absolute Gasteiger partial charge is 0.265 e. The number of nitrogens with zero attached hydrogens (tertiary/aromatic N) is 2. The molecule has 0 aromatic heterocycles. The fraction of sp³-hybridized carbons (Fsp3) is 0.714. The van der Waals surface area contributed by atoms with Crippen molar-refractivity contribution in [3.8, 4) is 5.75 Å². The van der Waals surface area contributed by atoms with E-state index in [0.29, 0.717) is 24.5 Å². The van der Waals surface area contributed by atoms with E-state index in [0.717, 1.165) is 43.4 Å². The maximum Gasteiger partial charge on any atom is 0.265 e. The van der Waals surface area contributed by atoms with Crippen LogP contribution < -0.4 is 15.0 Å². The van der Waals surface area contributed by atoms with Gasteiger partial charge in [0.25, 0.3) is 5.91 Å². The first-order valence-electron chi connectivity index (χ1n) is 14.1. The number of rotatable bonds is 6. The zero-order valence-corrected chi connectivity index (χ0v) is 22.6. The van der Waals surface area contributed by atoms with Gasteiger partial charge in [0.1, 0.15) is 12.3 Å². The van der Waals surface area contributed by atoms with Gasteiger partial charge in [0.2, 0.25) is 15.9 Å². The molecule has 202 valence electrons. The standard InChI is InChI=1S/C28H39N3O5S/c1-19(28-14-20-10-21(15-28)12-22(11-20)16-28)29-26(32)17-31-24-13-23(6-7-25(24)36-18-27(31)33)37(34,35)30-8-4-2-3-5-9-30/h6-7,13,19-22H,2-5,8-12,14-18H2,1H3,(H,29,32)/t19-,20?,21?,22?,28?/m1/s1. The Morgan fingerprint density at radius 3 is 2.30 bits per heavy atom. The van der Waals surface area contributed by atoms with E-state index in [1.807, 2.05) is 0 Å². The van der Waals surface area contributed by atoms with Gasteiger partial charge in [-0.2, -0.15) is 4.31 Å². The second-order valence-corrected chi connectivity index (χ2v) is 14.2. The van der Waals surface area contributed by atoms with Gasteiger partial charge in [-0.25, -0.2) is 8.42 Å². The highest BCUT2D eigenvalue weighted by molar-refractivity contribution is 7.89. The van der Waals surface area contributed by atoms with Crippen molar-refractivity contribution in [2.45, 2.75) is 82.1 Å². The summed E-state index contributed by atoms with van der Waals surface area (Å²) in [5, 5.41) is 3.24. The molecule has 4 saturated carbocycles. The topological polar surface area (TPSA) is 96.0 Å². The van der Waals surface area contributed by atoms with Crippen molar-refractivity contribution in [3.63, 3.8) is 0 Å². The molecule has 5 fully saturated rings. The number of nitrogens with one attached hydrogen (secondary N) is 1. The molecular weight excluding hydrogens is 490 g/mol. The van der Waals surface area contributed by atoms with E-state index in [2.05, 4.69) is 12.2 Å². The number of carbonyl (C=O) groups excluding carboxylic acids is 2. The van der Waals surface area contributed by atoms with Crippen LogP contribution in [0.3, 0.4) is 0 Å². The molecule has 1 aromatic carbocycles. The van der Waals surface area contributed by atoms with Crippen LogP contribution in [0.2, 0.25) is 0 Å². The minimum Gasteiger partial charge on any atom is -0.482 e. The summed E-state index contributed by atoms with van der Waals surface area (Å²) in [6, 6.07) is 4.71. The van der Waals surface area contributed by atoms with Crippen LogP contribution in [0.1, 0.15) is 71.1 Å². The Labute approximate surface area is 220 Å². The maximum absolute atomic E-state index is 13.4. The molecule has 1 saturated heterocycles. The summed E-state index contributed by atoms with van der Waals surface area (Å²) >= 11 is 0. The molecule has 0 radical (unpaired) electrons. The lowest BCUT2D eigenvalue weighted by Gasteiger charge is -2.59. The van der Waals surface area contributed by atoms with Crippen LogP contribution in [0.5, 0.6) is 5.75 Å². The quantitative estimate of drug-likeness (QED) is 0.606. The normalized spacial score (nSPS) is 32.4. The lowest BCUT2D eigenvalue weighted by Crippen LogP contribution is -2.57. The second kappa shape index (κ2) is 9.56. The van der Waals surface area contributed by atoms with Crippen LogP contribution in [0.25, 0.3) is 0 Å². The largest absolute Gasteiger partial charge is 0.482 e. The second-order valence-electron chi connectivity index (χ2n) is 12.3. The molecule has 7 rings (SSSR count). The Morgan fingerprint density at radius 2 is 1.68 bits per heavy atom. The van der Waals surface area contributed by atoms with E-state index >= 15 is 0 Å². The van der Waals surface area contributed by atoms with Crippen molar-refractivity contribution >= 4 is 27.5 Å². The average molecular weight is 530 g/mol. The molecule has 9 heteroatoms. The average Bonchev–Trinajstić information content (AvgIpc) is 3.15. The summed E-state index contributed by atoms with van der Waals surface area (Å²) in [6.07, 6.45) is 11.4. The summed E-state index contributed by atoms with van der Waals surface area (Å²) in [4.78, 5) is 27.7. The zero-order chi connectivity index (χ0) is 25.8. The summed E-state index contributed by atoms with van der Waals surface area (Å²) in [5.74, 6) is 2.27. The molecule has 0 unspecified atom stereocenters. The first-order valence-corrected chi connectivity index (χ1v) is 15.5. The predicted molar refractivity (Wildman–Crippen MR) is 140 cm³/mol. The van der Waals surface area contributed by atoms with Gasteiger partial charge in [0.05, 0.1) is 10.6 Å². The number of hydrogen-bond donors (Lipinski definition) is 1. The van der Waals surface area contributed by atoms with E-state index in [1.54, 1.807) is 12.1 Å². The molecule has 1 N–H and O–H groups in total. The first kappa shape index (κ1) is 25.2. The van der Waals surface area contributed by atoms with E-state index in [9.17, 15) is 18.0 Å². The molecule has 6 aliphatic rings. The Hall–Kier alpha value is -2.13. The van der Waals surface area contributed by atoms with Crippen molar-refractivity contribution < 1.29 is 22.7 Å². The van der Waals surface area contributed by atoms with Crippen molar-refractivity contribution in [2.75, 3.05) is 31.1 Å². The summed E-state index contributed by atoms with van der Waals surface area (Å²) in [6.45, 7) is 2.83. The van der Waals surface area contributed by atoms with Gasteiger partial charge in [0.15, 0.2) is 6.61 Å². The van der Waals surface area contributed by atoms with E-state index in [1.165, 1.54) is 53.8 Å². The number of ether oxygens (including phenoxy) is 1. The lowest BCUT2D eigenvalue weighted by molar-refractivity contribution is -0.127. The molecule has 8 nitrogen and oxygen atoms in total. The molecule has 37 heavy (non-hydrogen) atoms. The molecular formula is C28H39N3O5S. The number of carbonyl (C=O) groups is 2. The highest BCUT2D eigenvalue weighted by atomic mass is 32.2. The van der Waals surface area contributed by atoms with Crippen molar-refractivity contribution in [2.24, 2.45) is 23.2 Å². The van der Waals surface area contributed by atoms with Crippen LogP contribution in [0, 0.1) is 23.2 Å². The van der Waals surface area contributed by atoms with Gasteiger partial charge in [-0.1, -0.05) is 12.8 Å². The van der Waals surface area contributed by atoms with Crippen LogP contribution in [0.4, 0.5) is 5.69 Å². The van der Waals surface area contributed by atoms with Crippen LogP contribution in [-0.4, -0.2) is 56.8 Å². The Bertz CT molecular complexity index is 1140. The molecule has 1 atom stereocenters. The maximum atomic E-state index is 13.4. The molecule has 4 bridgehead atoms. The van der Waals surface area contributed by atoms with Crippen molar-refractivity contribution in [1.82, 2.24) is 9.62 Å². The van der Waals surface area contributed by atoms with Crippen LogP contribution in [0.15, 0.2) is 23.1 Å². The fourth-order valence-corrected chi connectivity index (χ4v) is 9.78. The zero-order valence-electron chi connectivity index (χ0n) is 21.8. The van der Waals surface area contributed by atoms with Crippen LogP contribution >= 0.6 is 0 Å². The fourth-order valence-electron chi connectivity index (χ4n) is 8.24. The number of hydrogen-bond acceptors (Lipinski definition) is 5. The van der Waals surface area contributed by atoms with Gasteiger partial charge in [-0.3, -0.25) is 14.5 Å². The Morgan fingerprint density at radius 1 is 1.05 bits per heavy atom. The third-order valence-electron chi connectivity index (χ3n) is 9.76. The van der Waals surface area contributed by atoms with Crippen LogP contribution in [-0.2, 0) is 19.6 Å². The highest BCUT2D eigenvalue weighted by Crippen LogP contribution is 2.61. The number of fused-ring (bicyclic) bond motifs is 1. The molecule has 2 heterocycles. The van der Waals surface area contributed by atoms with E-state index < -0.39 is 10.0 Å². The van der Waals surface area contributed by atoms with E-state index in [4.69, 9.17) is 4.74 Å². The minimum atomic E-state index is -3.69. The Kier molecular flexibility index (Phi) is 6.50. The Balaban J connectivity index is 1.19. The number of benzene rings is 1. The highest BCUT2D eigenvalue weighted by Gasteiger charge is 2.53. The molecule has 2 amide bonds.